The van der Waals surface area contributed by atoms with Crippen LogP contribution in [0.4, 0.5) is 10.2 Å². The van der Waals surface area contributed by atoms with E-state index in [4.69, 9.17) is 4.74 Å². The van der Waals surface area contributed by atoms with Crippen molar-refractivity contribution in [2.45, 2.75) is 18.7 Å². The fourth-order valence-electron chi connectivity index (χ4n) is 3.33. The van der Waals surface area contributed by atoms with Gasteiger partial charge < -0.3 is 14.5 Å². The molecule has 1 fully saturated rings. The number of aromatic nitrogens is 1. The molecule has 11 heteroatoms. The number of pyridine rings is 1. The van der Waals surface area contributed by atoms with Gasteiger partial charge in [-0.25, -0.2) is 27.3 Å². The summed E-state index contributed by atoms with van der Waals surface area (Å²) in [4.78, 5) is 32.2. The first-order valence-electron chi connectivity index (χ1n) is 10.2. The number of rotatable bonds is 7. The second-order valence-corrected chi connectivity index (χ2v) is 8.81. The lowest BCUT2D eigenvalue weighted by molar-refractivity contribution is 0.0525. The fraction of sp³-hybridized carbons (Fsp3) is 0.381. The maximum Gasteiger partial charge on any atom is 0.339 e. The highest BCUT2D eigenvalue weighted by molar-refractivity contribution is 7.89. The van der Waals surface area contributed by atoms with Gasteiger partial charge in [-0.15, -0.1) is 0 Å². The van der Waals surface area contributed by atoms with Crippen molar-refractivity contribution >= 4 is 27.7 Å². The molecule has 2 heterocycles. The minimum atomic E-state index is -3.81. The molecule has 0 atom stereocenters. The van der Waals surface area contributed by atoms with Gasteiger partial charge in [-0.3, -0.25) is 4.79 Å². The zero-order valence-corrected chi connectivity index (χ0v) is 18.7. The third kappa shape index (κ3) is 5.22. The minimum absolute atomic E-state index is 0.159. The molecule has 1 N–H and O–H groups in total. The molecule has 0 spiro atoms. The summed E-state index contributed by atoms with van der Waals surface area (Å²) >= 11 is 0. The van der Waals surface area contributed by atoms with Crippen LogP contribution in [-0.4, -0.2) is 69.5 Å². The van der Waals surface area contributed by atoms with E-state index in [1.165, 1.54) is 11.1 Å². The summed E-state index contributed by atoms with van der Waals surface area (Å²) in [6, 6.07) is 6.52. The first-order valence-corrected chi connectivity index (χ1v) is 11.7. The van der Waals surface area contributed by atoms with Crippen molar-refractivity contribution in [2.24, 2.45) is 0 Å². The van der Waals surface area contributed by atoms with Crippen LogP contribution >= 0.6 is 0 Å². The van der Waals surface area contributed by atoms with E-state index in [1.807, 2.05) is 4.90 Å². The molecule has 0 bridgehead atoms. The average Bonchev–Trinajstić information content (AvgIpc) is 2.79. The van der Waals surface area contributed by atoms with Gasteiger partial charge in [0.1, 0.15) is 11.6 Å². The Morgan fingerprint density at radius 2 is 1.84 bits per heavy atom. The molecular weight excluding hydrogens is 439 g/mol. The zero-order chi connectivity index (χ0) is 23.3. The summed E-state index contributed by atoms with van der Waals surface area (Å²) in [5.41, 5.74) is 0.0710. The van der Waals surface area contributed by atoms with Crippen LogP contribution in [0.3, 0.4) is 0 Å². The minimum Gasteiger partial charge on any atom is -0.462 e. The fourth-order valence-corrected chi connectivity index (χ4v) is 4.39. The molecule has 0 radical (unpaired) electrons. The highest BCUT2D eigenvalue weighted by Crippen LogP contribution is 2.20. The van der Waals surface area contributed by atoms with E-state index in [-0.39, 0.29) is 23.6 Å². The van der Waals surface area contributed by atoms with Crippen molar-refractivity contribution in [1.82, 2.24) is 14.6 Å². The van der Waals surface area contributed by atoms with E-state index in [0.717, 1.165) is 18.2 Å². The van der Waals surface area contributed by atoms with Crippen LogP contribution in [0.5, 0.6) is 0 Å². The molecule has 1 amide bonds. The highest BCUT2D eigenvalue weighted by atomic mass is 32.2. The molecule has 0 aliphatic carbocycles. The second-order valence-electron chi connectivity index (χ2n) is 7.05. The van der Waals surface area contributed by atoms with Gasteiger partial charge in [0.05, 0.1) is 22.6 Å². The van der Waals surface area contributed by atoms with Gasteiger partial charge in [0, 0.05) is 38.9 Å². The maximum atomic E-state index is 14.3. The Labute approximate surface area is 186 Å². The average molecular weight is 465 g/mol. The van der Waals surface area contributed by atoms with E-state index in [1.54, 1.807) is 26.0 Å². The second kappa shape index (κ2) is 10.0. The Morgan fingerprint density at radius 3 is 2.44 bits per heavy atom. The van der Waals surface area contributed by atoms with Crippen molar-refractivity contribution in [2.75, 3.05) is 44.2 Å². The summed E-state index contributed by atoms with van der Waals surface area (Å²) in [6.45, 7) is 5.34. The molecule has 172 valence electrons. The first-order chi connectivity index (χ1) is 15.3. The number of amides is 1. The third-order valence-corrected chi connectivity index (χ3v) is 6.51. The number of ether oxygens (including phenoxy) is 1. The maximum absolute atomic E-state index is 14.3. The van der Waals surface area contributed by atoms with Crippen LogP contribution < -0.4 is 9.62 Å². The zero-order valence-electron chi connectivity index (χ0n) is 17.9. The molecular formula is C21H25FN4O5S. The predicted octanol–water partition coefficient (Wildman–Crippen LogP) is 1.66. The first kappa shape index (κ1) is 23.6. The molecule has 1 saturated heterocycles. The van der Waals surface area contributed by atoms with E-state index in [0.29, 0.717) is 37.6 Å². The molecule has 1 aliphatic rings. The Balaban J connectivity index is 1.68. The van der Waals surface area contributed by atoms with Crippen LogP contribution in [0.15, 0.2) is 41.4 Å². The van der Waals surface area contributed by atoms with Crippen molar-refractivity contribution in [1.29, 1.82) is 0 Å². The monoisotopic (exact) mass is 464 g/mol. The predicted molar refractivity (Wildman–Crippen MR) is 116 cm³/mol. The molecule has 1 aromatic heterocycles. The van der Waals surface area contributed by atoms with Crippen molar-refractivity contribution in [3.8, 4) is 0 Å². The number of nitrogens with one attached hydrogen (secondary N) is 1. The van der Waals surface area contributed by atoms with Crippen molar-refractivity contribution in [3.05, 3.63) is 53.5 Å². The van der Waals surface area contributed by atoms with E-state index >= 15 is 0 Å². The molecule has 0 saturated carbocycles. The van der Waals surface area contributed by atoms with Gasteiger partial charge in [-0.1, -0.05) is 6.92 Å². The molecule has 32 heavy (non-hydrogen) atoms. The van der Waals surface area contributed by atoms with Crippen molar-refractivity contribution in [3.63, 3.8) is 0 Å². The normalized spacial score (nSPS) is 14.3. The largest absolute Gasteiger partial charge is 0.462 e. The highest BCUT2D eigenvalue weighted by Gasteiger charge is 2.26. The topological polar surface area (TPSA) is 109 Å². The molecule has 3 rings (SSSR count). The quantitative estimate of drug-likeness (QED) is 0.621. The Kier molecular flexibility index (Phi) is 7.41. The number of sulfonamides is 1. The lowest BCUT2D eigenvalue weighted by atomic mass is 10.1. The van der Waals surface area contributed by atoms with Crippen LogP contribution in [-0.2, 0) is 14.8 Å². The number of piperazine rings is 1. The summed E-state index contributed by atoms with van der Waals surface area (Å²) in [6.07, 6.45) is 1.44. The smallest absolute Gasteiger partial charge is 0.339 e. The van der Waals surface area contributed by atoms with Gasteiger partial charge in [0.2, 0.25) is 10.0 Å². The van der Waals surface area contributed by atoms with Crippen LogP contribution in [0.25, 0.3) is 0 Å². The van der Waals surface area contributed by atoms with Gasteiger partial charge in [-0.2, -0.15) is 0 Å². The SMILES string of the molecule is CCNS(=O)(=O)c1ccc(F)c(C(=O)N2CCN(c3ccc(C(=O)OCC)cn3)CC2)c1. The number of benzene rings is 1. The number of hydrogen-bond acceptors (Lipinski definition) is 7. The number of carbonyl (C=O) groups excluding carboxylic acids is 2. The Bertz CT molecular complexity index is 1080. The van der Waals surface area contributed by atoms with Crippen LogP contribution in [0.2, 0.25) is 0 Å². The molecule has 9 nitrogen and oxygen atoms in total. The lowest BCUT2D eigenvalue weighted by Crippen LogP contribution is -2.49. The molecule has 0 unspecified atom stereocenters. The number of carbonyl (C=O) groups is 2. The molecule has 2 aromatic rings. The van der Waals surface area contributed by atoms with Crippen LogP contribution in [0.1, 0.15) is 34.6 Å². The number of nitrogens with zero attached hydrogens (tertiary/aromatic N) is 3. The van der Waals surface area contributed by atoms with Gasteiger partial charge in [0.15, 0.2) is 0 Å². The van der Waals surface area contributed by atoms with Crippen LogP contribution in [0, 0.1) is 5.82 Å². The molecule has 1 aromatic carbocycles. The Hall–Kier alpha value is -3.05. The number of esters is 1. The van der Waals surface area contributed by atoms with Gasteiger partial charge in [-0.05, 0) is 37.3 Å². The van der Waals surface area contributed by atoms with Crippen molar-refractivity contribution < 1.29 is 27.1 Å². The number of hydrogen-bond donors (Lipinski definition) is 1. The van der Waals surface area contributed by atoms with E-state index < -0.39 is 27.7 Å². The molecule has 1 aliphatic heterocycles. The van der Waals surface area contributed by atoms with E-state index in [9.17, 15) is 22.4 Å². The van der Waals surface area contributed by atoms with E-state index in [2.05, 4.69) is 9.71 Å². The summed E-state index contributed by atoms with van der Waals surface area (Å²) in [5.74, 6) is -1.14. The standard InChI is InChI=1S/C21H25FN4O5S/c1-3-24-32(29,30)16-6-7-18(22)17(13-16)20(27)26-11-9-25(10-12-26)19-8-5-15(14-23-19)21(28)31-4-2/h5-8,13-14,24H,3-4,9-12H2,1-2H3. The van der Waals surface area contributed by atoms with Gasteiger partial charge >= 0.3 is 5.97 Å². The summed E-state index contributed by atoms with van der Waals surface area (Å²) in [7, 11) is -3.81. The summed E-state index contributed by atoms with van der Waals surface area (Å²) < 4.78 is 46.0. The lowest BCUT2D eigenvalue weighted by Gasteiger charge is -2.35. The van der Waals surface area contributed by atoms with Gasteiger partial charge in [0.25, 0.3) is 5.91 Å². The third-order valence-electron chi connectivity index (χ3n) is 4.96. The summed E-state index contributed by atoms with van der Waals surface area (Å²) in [5, 5.41) is 0. The number of anilines is 1. The number of halogens is 1. The Morgan fingerprint density at radius 1 is 1.12 bits per heavy atom.